The minimum atomic E-state index is -4.14. The van der Waals surface area contributed by atoms with Crippen molar-refractivity contribution in [2.75, 3.05) is 6.61 Å². The summed E-state index contributed by atoms with van der Waals surface area (Å²) >= 11 is 0. The first kappa shape index (κ1) is 20.4. The van der Waals surface area contributed by atoms with Gasteiger partial charge in [-0.3, -0.25) is 0 Å². The van der Waals surface area contributed by atoms with Crippen LogP contribution < -0.4 is 5.50 Å². The lowest BCUT2D eigenvalue weighted by Gasteiger charge is -2.00. The first-order valence-electron chi connectivity index (χ1n) is 6.86. The van der Waals surface area contributed by atoms with Crippen LogP contribution in [0.15, 0.2) is 0 Å². The van der Waals surface area contributed by atoms with Gasteiger partial charge in [0.2, 0.25) is 0 Å². The summed E-state index contributed by atoms with van der Waals surface area (Å²) in [6.07, 6.45) is 13.3. The van der Waals surface area contributed by atoms with Crippen LogP contribution in [-0.4, -0.2) is 21.5 Å². The van der Waals surface area contributed by atoms with Gasteiger partial charge < -0.3 is 14.9 Å². The number of aliphatic hydroxyl groups is 1. The maximum Gasteiger partial charge on any atom is 0.397 e. The summed E-state index contributed by atoms with van der Waals surface area (Å²) in [7, 11) is -4.14. The third-order valence-electron chi connectivity index (χ3n) is 2.51. The van der Waals surface area contributed by atoms with Crippen LogP contribution in [0.1, 0.15) is 71.1 Å². The topological polar surface area (TPSA) is 104 Å². The van der Waals surface area contributed by atoms with E-state index in [9.17, 15) is 0 Å². The second kappa shape index (κ2) is 15.1. The molecular formula is C12H30NO4P. The fourth-order valence-electron chi connectivity index (χ4n) is 1.60. The van der Waals surface area contributed by atoms with Gasteiger partial charge in [0, 0.05) is 6.61 Å². The van der Waals surface area contributed by atoms with Crippen LogP contribution in [0.25, 0.3) is 0 Å². The lowest BCUT2D eigenvalue weighted by molar-refractivity contribution is 0.282. The molecule has 0 aliphatic carbocycles. The van der Waals surface area contributed by atoms with Gasteiger partial charge in [0.1, 0.15) is 0 Å². The fourth-order valence-corrected chi connectivity index (χ4v) is 1.60. The van der Waals surface area contributed by atoms with Gasteiger partial charge in [-0.2, -0.15) is 0 Å². The zero-order valence-electron chi connectivity index (χ0n) is 11.6. The van der Waals surface area contributed by atoms with Crippen molar-refractivity contribution in [3.63, 3.8) is 0 Å². The second-order valence-corrected chi connectivity index (χ2v) is 5.67. The zero-order chi connectivity index (χ0) is 14.3. The van der Waals surface area contributed by atoms with Crippen LogP contribution in [0.3, 0.4) is 0 Å². The second-order valence-electron chi connectivity index (χ2n) is 4.49. The molecule has 0 aliphatic rings. The Morgan fingerprint density at radius 1 is 0.833 bits per heavy atom. The number of aliphatic hydroxyl groups excluding tert-OH is 1. The first-order valence-corrected chi connectivity index (χ1v) is 8.55. The van der Waals surface area contributed by atoms with E-state index < -0.39 is 7.75 Å². The molecule has 0 atom stereocenters. The standard InChI is InChI=1S/C12H26O.H4NO3P/c1-2-3-4-5-6-7-8-9-10-11-12-13;1-5(2,3)4/h13H,2-12H2,1H3;(H4,1,2,3,4). The molecule has 112 valence electrons. The van der Waals surface area contributed by atoms with E-state index in [0.717, 1.165) is 6.42 Å². The minimum absolute atomic E-state index is 0.372. The monoisotopic (exact) mass is 283 g/mol. The Labute approximate surface area is 111 Å². The molecule has 0 radical (unpaired) electrons. The number of nitrogens with two attached hydrogens (primary N) is 1. The summed E-state index contributed by atoms with van der Waals surface area (Å²) < 4.78 is 9.10. The van der Waals surface area contributed by atoms with Crippen LogP contribution in [0.5, 0.6) is 0 Å². The van der Waals surface area contributed by atoms with Crippen molar-refractivity contribution in [2.24, 2.45) is 5.50 Å². The van der Waals surface area contributed by atoms with Crippen molar-refractivity contribution in [1.82, 2.24) is 0 Å². The van der Waals surface area contributed by atoms with Crippen LogP contribution in [0.4, 0.5) is 0 Å². The molecule has 0 saturated heterocycles. The molecule has 0 rings (SSSR count). The summed E-state index contributed by atoms with van der Waals surface area (Å²) in [4.78, 5) is 14.8. The van der Waals surface area contributed by atoms with Gasteiger partial charge in [-0.05, 0) is 6.42 Å². The Morgan fingerprint density at radius 3 is 1.39 bits per heavy atom. The van der Waals surface area contributed by atoms with Crippen LogP contribution in [-0.2, 0) is 4.57 Å². The number of rotatable bonds is 10. The van der Waals surface area contributed by atoms with E-state index in [1.807, 2.05) is 0 Å². The highest BCUT2D eigenvalue weighted by Crippen LogP contribution is 2.20. The quantitative estimate of drug-likeness (QED) is 0.364. The minimum Gasteiger partial charge on any atom is -0.396 e. The Bertz CT molecular complexity index is 178. The largest absolute Gasteiger partial charge is 0.397 e. The third kappa shape index (κ3) is 36.0. The predicted octanol–water partition coefficient (Wildman–Crippen LogP) is 2.94. The summed E-state index contributed by atoms with van der Waals surface area (Å²) in [6.45, 7) is 2.63. The van der Waals surface area contributed by atoms with Crippen molar-refractivity contribution in [1.29, 1.82) is 0 Å². The van der Waals surface area contributed by atoms with E-state index in [4.69, 9.17) is 19.5 Å². The molecule has 0 spiro atoms. The Balaban J connectivity index is 0. The Kier molecular flexibility index (Phi) is 17.1. The molecule has 0 amide bonds. The average Bonchev–Trinajstić information content (AvgIpc) is 2.25. The van der Waals surface area contributed by atoms with Crippen molar-refractivity contribution in [3.05, 3.63) is 0 Å². The maximum atomic E-state index is 9.10. The van der Waals surface area contributed by atoms with E-state index >= 15 is 0 Å². The van der Waals surface area contributed by atoms with Crippen molar-refractivity contribution >= 4 is 7.75 Å². The van der Waals surface area contributed by atoms with E-state index in [2.05, 4.69) is 12.4 Å². The predicted molar refractivity (Wildman–Crippen MR) is 75.2 cm³/mol. The summed E-state index contributed by atoms with van der Waals surface area (Å²) in [5.41, 5.74) is 4.02. The molecule has 5 N–H and O–H groups in total. The van der Waals surface area contributed by atoms with E-state index in [1.165, 1.54) is 57.8 Å². The molecule has 0 bridgehead atoms. The number of unbranched alkanes of at least 4 members (excludes halogenated alkanes) is 9. The van der Waals surface area contributed by atoms with E-state index in [1.54, 1.807) is 0 Å². The molecule has 0 aromatic rings. The molecule has 0 saturated carbocycles. The molecule has 18 heavy (non-hydrogen) atoms. The fraction of sp³-hybridized carbons (Fsp3) is 1.00. The number of hydrogen-bond donors (Lipinski definition) is 4. The lowest BCUT2D eigenvalue weighted by Crippen LogP contribution is -1.87. The van der Waals surface area contributed by atoms with Gasteiger partial charge in [-0.1, -0.05) is 64.7 Å². The maximum absolute atomic E-state index is 9.10. The van der Waals surface area contributed by atoms with Crippen LogP contribution >= 0.6 is 7.75 Å². The van der Waals surface area contributed by atoms with Crippen molar-refractivity contribution < 1.29 is 19.5 Å². The summed E-state index contributed by atoms with van der Waals surface area (Å²) in [6, 6.07) is 0. The molecule has 5 nitrogen and oxygen atoms in total. The molecule has 0 aromatic heterocycles. The van der Waals surface area contributed by atoms with E-state index in [0.29, 0.717) is 6.61 Å². The first-order chi connectivity index (χ1) is 8.41. The highest BCUT2D eigenvalue weighted by Gasteiger charge is 1.96. The molecule has 6 heteroatoms. The van der Waals surface area contributed by atoms with Crippen molar-refractivity contribution in [3.8, 4) is 0 Å². The van der Waals surface area contributed by atoms with Gasteiger partial charge >= 0.3 is 7.75 Å². The Hall–Kier alpha value is 0.0700. The van der Waals surface area contributed by atoms with Gasteiger partial charge in [0.15, 0.2) is 0 Å². The normalized spacial score (nSPS) is 10.9. The zero-order valence-corrected chi connectivity index (χ0v) is 12.4. The SMILES string of the molecule is CCCCCCCCCCCCO.NP(=O)(O)O. The number of hydrogen-bond acceptors (Lipinski definition) is 2. The summed E-state index contributed by atoms with van der Waals surface area (Å²) in [5, 5.41) is 8.57. The molecule has 0 aromatic carbocycles. The van der Waals surface area contributed by atoms with Crippen LogP contribution in [0, 0.1) is 0 Å². The van der Waals surface area contributed by atoms with Gasteiger partial charge in [0.25, 0.3) is 0 Å². The average molecular weight is 283 g/mol. The Morgan fingerprint density at radius 2 is 1.11 bits per heavy atom. The van der Waals surface area contributed by atoms with Crippen LogP contribution in [0.2, 0.25) is 0 Å². The molecule has 0 heterocycles. The van der Waals surface area contributed by atoms with Gasteiger partial charge in [-0.15, -0.1) is 0 Å². The summed E-state index contributed by atoms with van der Waals surface area (Å²) in [5.74, 6) is 0. The van der Waals surface area contributed by atoms with Crippen molar-refractivity contribution in [2.45, 2.75) is 71.1 Å². The smallest absolute Gasteiger partial charge is 0.396 e. The van der Waals surface area contributed by atoms with Gasteiger partial charge in [-0.25, -0.2) is 10.1 Å². The molecule has 0 unspecified atom stereocenters. The highest BCUT2D eigenvalue weighted by molar-refractivity contribution is 7.49. The molecule has 0 aliphatic heterocycles. The van der Waals surface area contributed by atoms with Gasteiger partial charge in [0.05, 0.1) is 0 Å². The molecular weight excluding hydrogens is 253 g/mol. The highest BCUT2D eigenvalue weighted by atomic mass is 31.2. The molecule has 0 fully saturated rings. The third-order valence-corrected chi connectivity index (χ3v) is 2.51. The lowest BCUT2D eigenvalue weighted by atomic mass is 10.1. The van der Waals surface area contributed by atoms with E-state index in [-0.39, 0.29) is 0 Å².